The molecule has 0 amide bonds. The molecule has 0 bridgehead atoms. The summed E-state index contributed by atoms with van der Waals surface area (Å²) in [6.45, 7) is 3.86. The third-order valence-electron chi connectivity index (χ3n) is 2.51. The minimum atomic E-state index is 0.0705. The Morgan fingerprint density at radius 3 is 2.38 bits per heavy atom. The van der Waals surface area contributed by atoms with Gasteiger partial charge in [-0.1, -0.05) is 24.3 Å². The monoisotopic (exact) mass is 213 g/mol. The Hall–Kier alpha value is -1.74. The van der Waals surface area contributed by atoms with Crippen molar-refractivity contribution in [3.8, 4) is 11.3 Å². The topological polar surface area (TPSA) is 51.8 Å². The standard InChI is InChI=1S/C13H15N3/c1-9(14)11-3-5-12(6-4-11)13-7-8-15-10(2)16-13/h3-9H,14H2,1-2H3. The molecule has 1 aromatic carbocycles. The lowest BCUT2D eigenvalue weighted by atomic mass is 10.1. The SMILES string of the molecule is Cc1nccc(-c2ccc(C(C)N)cc2)n1. The highest BCUT2D eigenvalue weighted by Gasteiger charge is 2.02. The van der Waals surface area contributed by atoms with Gasteiger partial charge in [-0.15, -0.1) is 0 Å². The molecular weight excluding hydrogens is 198 g/mol. The van der Waals surface area contributed by atoms with Crippen molar-refractivity contribution in [3.63, 3.8) is 0 Å². The number of hydrogen-bond donors (Lipinski definition) is 1. The molecule has 1 unspecified atom stereocenters. The summed E-state index contributed by atoms with van der Waals surface area (Å²) in [6.07, 6.45) is 1.77. The van der Waals surface area contributed by atoms with Crippen LogP contribution in [0.3, 0.4) is 0 Å². The summed E-state index contributed by atoms with van der Waals surface area (Å²) in [6, 6.07) is 10.1. The number of aromatic nitrogens is 2. The van der Waals surface area contributed by atoms with Crippen molar-refractivity contribution in [3.05, 3.63) is 47.9 Å². The van der Waals surface area contributed by atoms with Gasteiger partial charge >= 0.3 is 0 Å². The van der Waals surface area contributed by atoms with Crippen LogP contribution in [-0.2, 0) is 0 Å². The van der Waals surface area contributed by atoms with Crippen molar-refractivity contribution < 1.29 is 0 Å². The maximum Gasteiger partial charge on any atom is 0.125 e. The predicted molar refractivity (Wildman–Crippen MR) is 64.8 cm³/mol. The molecule has 0 aliphatic carbocycles. The Bertz CT molecular complexity index is 475. The first-order chi connectivity index (χ1) is 7.66. The van der Waals surface area contributed by atoms with Gasteiger partial charge in [0.2, 0.25) is 0 Å². The molecule has 1 aromatic heterocycles. The number of benzene rings is 1. The average Bonchev–Trinajstić information content (AvgIpc) is 2.29. The lowest BCUT2D eigenvalue weighted by Crippen LogP contribution is -2.04. The van der Waals surface area contributed by atoms with Gasteiger partial charge < -0.3 is 5.73 Å². The molecule has 2 rings (SSSR count). The van der Waals surface area contributed by atoms with E-state index >= 15 is 0 Å². The van der Waals surface area contributed by atoms with Crippen LogP contribution in [0.25, 0.3) is 11.3 Å². The largest absolute Gasteiger partial charge is 0.324 e. The quantitative estimate of drug-likeness (QED) is 0.833. The molecule has 0 saturated heterocycles. The molecule has 3 nitrogen and oxygen atoms in total. The van der Waals surface area contributed by atoms with Crippen LogP contribution in [0.2, 0.25) is 0 Å². The minimum Gasteiger partial charge on any atom is -0.324 e. The molecule has 1 heterocycles. The number of aryl methyl sites for hydroxylation is 1. The third kappa shape index (κ3) is 2.25. The van der Waals surface area contributed by atoms with Gasteiger partial charge in [0.1, 0.15) is 5.82 Å². The average molecular weight is 213 g/mol. The zero-order valence-electron chi connectivity index (χ0n) is 9.51. The van der Waals surface area contributed by atoms with Crippen LogP contribution in [0.5, 0.6) is 0 Å². The van der Waals surface area contributed by atoms with E-state index in [0.29, 0.717) is 0 Å². The van der Waals surface area contributed by atoms with E-state index in [1.807, 2.05) is 44.2 Å². The van der Waals surface area contributed by atoms with E-state index in [-0.39, 0.29) is 6.04 Å². The van der Waals surface area contributed by atoms with Gasteiger partial charge in [0.15, 0.2) is 0 Å². The molecule has 0 radical (unpaired) electrons. The van der Waals surface area contributed by atoms with Crippen molar-refractivity contribution in [2.45, 2.75) is 19.9 Å². The van der Waals surface area contributed by atoms with E-state index in [4.69, 9.17) is 5.73 Å². The van der Waals surface area contributed by atoms with Crippen LogP contribution in [0.4, 0.5) is 0 Å². The second kappa shape index (κ2) is 4.41. The van der Waals surface area contributed by atoms with Gasteiger partial charge in [0, 0.05) is 17.8 Å². The first-order valence-electron chi connectivity index (χ1n) is 5.32. The number of hydrogen-bond acceptors (Lipinski definition) is 3. The molecule has 82 valence electrons. The molecule has 1 atom stereocenters. The molecule has 0 aliphatic rings. The van der Waals surface area contributed by atoms with Gasteiger partial charge in [0.05, 0.1) is 5.69 Å². The second-order valence-corrected chi connectivity index (χ2v) is 3.90. The lowest BCUT2D eigenvalue weighted by Gasteiger charge is -2.06. The Morgan fingerprint density at radius 2 is 1.81 bits per heavy atom. The maximum absolute atomic E-state index is 5.80. The summed E-state index contributed by atoms with van der Waals surface area (Å²) in [4.78, 5) is 8.46. The van der Waals surface area contributed by atoms with Gasteiger partial charge in [-0.2, -0.15) is 0 Å². The Kier molecular flexibility index (Phi) is 2.97. The third-order valence-corrected chi connectivity index (χ3v) is 2.51. The zero-order valence-corrected chi connectivity index (χ0v) is 9.51. The Morgan fingerprint density at radius 1 is 1.12 bits per heavy atom. The summed E-state index contributed by atoms with van der Waals surface area (Å²) >= 11 is 0. The highest BCUT2D eigenvalue weighted by Crippen LogP contribution is 2.19. The maximum atomic E-state index is 5.80. The highest BCUT2D eigenvalue weighted by molar-refractivity contribution is 5.59. The second-order valence-electron chi connectivity index (χ2n) is 3.90. The van der Waals surface area contributed by atoms with Crippen LogP contribution >= 0.6 is 0 Å². The van der Waals surface area contributed by atoms with E-state index in [9.17, 15) is 0 Å². The molecule has 0 aliphatic heterocycles. The number of nitrogens with two attached hydrogens (primary N) is 1. The van der Waals surface area contributed by atoms with Crippen LogP contribution < -0.4 is 5.73 Å². The van der Waals surface area contributed by atoms with Crippen LogP contribution in [0.1, 0.15) is 24.4 Å². The normalized spacial score (nSPS) is 12.4. The molecular formula is C13H15N3. The fourth-order valence-corrected chi connectivity index (χ4v) is 1.57. The molecule has 0 fully saturated rings. The molecule has 16 heavy (non-hydrogen) atoms. The molecule has 0 spiro atoms. The van der Waals surface area contributed by atoms with Crippen LogP contribution in [0.15, 0.2) is 36.5 Å². The molecule has 0 saturated carbocycles. The summed E-state index contributed by atoms with van der Waals surface area (Å²) in [5.74, 6) is 0.786. The first-order valence-corrected chi connectivity index (χ1v) is 5.32. The highest BCUT2D eigenvalue weighted by atomic mass is 14.9. The van der Waals surface area contributed by atoms with E-state index in [1.165, 1.54) is 0 Å². The van der Waals surface area contributed by atoms with Crippen LogP contribution in [0, 0.1) is 6.92 Å². The van der Waals surface area contributed by atoms with Crippen molar-refractivity contribution >= 4 is 0 Å². The zero-order chi connectivity index (χ0) is 11.5. The molecule has 3 heteroatoms. The first kappa shape index (κ1) is 10.8. The Labute approximate surface area is 95.4 Å². The summed E-state index contributed by atoms with van der Waals surface area (Å²) in [5.41, 5.74) is 8.98. The van der Waals surface area contributed by atoms with Crippen molar-refractivity contribution in [1.29, 1.82) is 0 Å². The Balaban J connectivity index is 2.35. The smallest absolute Gasteiger partial charge is 0.125 e. The number of rotatable bonds is 2. The van der Waals surface area contributed by atoms with Crippen LogP contribution in [-0.4, -0.2) is 9.97 Å². The van der Waals surface area contributed by atoms with Gasteiger partial charge in [-0.3, -0.25) is 0 Å². The lowest BCUT2D eigenvalue weighted by molar-refractivity contribution is 0.818. The summed E-state index contributed by atoms with van der Waals surface area (Å²) in [5, 5.41) is 0. The van der Waals surface area contributed by atoms with Gasteiger partial charge in [0.25, 0.3) is 0 Å². The molecule has 2 aromatic rings. The molecule has 2 N–H and O–H groups in total. The van der Waals surface area contributed by atoms with E-state index in [1.54, 1.807) is 6.20 Å². The van der Waals surface area contributed by atoms with Crippen molar-refractivity contribution in [2.75, 3.05) is 0 Å². The number of nitrogens with zero attached hydrogens (tertiary/aromatic N) is 2. The van der Waals surface area contributed by atoms with Crippen molar-refractivity contribution in [2.24, 2.45) is 5.73 Å². The van der Waals surface area contributed by atoms with Gasteiger partial charge in [-0.05, 0) is 25.5 Å². The van der Waals surface area contributed by atoms with Crippen molar-refractivity contribution in [1.82, 2.24) is 9.97 Å². The van der Waals surface area contributed by atoms with E-state index in [2.05, 4.69) is 9.97 Å². The van der Waals surface area contributed by atoms with E-state index in [0.717, 1.165) is 22.6 Å². The summed E-state index contributed by atoms with van der Waals surface area (Å²) in [7, 11) is 0. The fourth-order valence-electron chi connectivity index (χ4n) is 1.57. The van der Waals surface area contributed by atoms with E-state index < -0.39 is 0 Å². The summed E-state index contributed by atoms with van der Waals surface area (Å²) < 4.78 is 0. The van der Waals surface area contributed by atoms with Gasteiger partial charge in [-0.25, -0.2) is 9.97 Å². The fraction of sp³-hybridized carbons (Fsp3) is 0.231. The minimum absolute atomic E-state index is 0.0705. The predicted octanol–water partition coefficient (Wildman–Crippen LogP) is 2.47.